The van der Waals surface area contributed by atoms with Crippen LogP contribution >= 0.6 is 15.9 Å². The van der Waals surface area contributed by atoms with Gasteiger partial charge < -0.3 is 14.4 Å². The molecule has 0 fully saturated rings. The van der Waals surface area contributed by atoms with E-state index < -0.39 is 28.6 Å². The van der Waals surface area contributed by atoms with Gasteiger partial charge in [-0.3, -0.25) is 4.79 Å². The van der Waals surface area contributed by atoms with Gasteiger partial charge in [0.15, 0.2) is 5.76 Å². The lowest BCUT2D eigenvalue weighted by Gasteiger charge is -2.15. The van der Waals surface area contributed by atoms with E-state index in [0.29, 0.717) is 15.9 Å². The maximum absolute atomic E-state index is 12.4. The van der Waals surface area contributed by atoms with E-state index >= 15 is 0 Å². The van der Waals surface area contributed by atoms with Crippen molar-refractivity contribution in [3.8, 4) is 11.3 Å². The van der Waals surface area contributed by atoms with E-state index in [1.165, 1.54) is 12.1 Å². The molecule has 2 aromatic carbocycles. The van der Waals surface area contributed by atoms with Crippen LogP contribution in [0.3, 0.4) is 0 Å². The maximum atomic E-state index is 12.4. The lowest BCUT2D eigenvalue weighted by Crippen LogP contribution is -2.44. The van der Waals surface area contributed by atoms with E-state index in [9.17, 15) is 18.3 Å². The Balaban J connectivity index is 1.61. The molecule has 0 spiro atoms. The predicted octanol–water partition coefficient (Wildman–Crippen LogP) is 2.49. The van der Waals surface area contributed by atoms with Crippen molar-refractivity contribution in [1.82, 2.24) is 9.88 Å². The molecule has 2 N–H and O–H groups in total. The number of nitrogens with zero attached hydrogens (tertiary/aromatic N) is 1. The van der Waals surface area contributed by atoms with Gasteiger partial charge in [-0.2, -0.15) is 4.72 Å². The van der Waals surface area contributed by atoms with Crippen molar-refractivity contribution >= 4 is 31.9 Å². The minimum atomic E-state index is -4.01. The van der Waals surface area contributed by atoms with Crippen LogP contribution in [0.25, 0.3) is 11.3 Å². The SMILES string of the molecule is O=C(OCc1cc(-c2ccccc2)on1)C(CO)NS(=O)(=O)c1ccc(Br)cc1. The largest absolute Gasteiger partial charge is 0.458 e. The first-order valence-electron chi connectivity index (χ1n) is 8.45. The van der Waals surface area contributed by atoms with Crippen LogP contribution in [0.4, 0.5) is 0 Å². The second-order valence-electron chi connectivity index (χ2n) is 5.97. The van der Waals surface area contributed by atoms with E-state index in [-0.39, 0.29) is 11.5 Å². The molecule has 0 radical (unpaired) electrons. The molecule has 10 heteroatoms. The third kappa shape index (κ3) is 5.51. The van der Waals surface area contributed by atoms with E-state index in [0.717, 1.165) is 5.56 Å². The quantitative estimate of drug-likeness (QED) is 0.475. The summed E-state index contributed by atoms with van der Waals surface area (Å²) in [7, 11) is -4.01. The molecule has 8 nitrogen and oxygen atoms in total. The average Bonchev–Trinajstić information content (AvgIpc) is 3.20. The summed E-state index contributed by atoms with van der Waals surface area (Å²) >= 11 is 3.22. The molecule has 1 aromatic heterocycles. The second kappa shape index (κ2) is 9.31. The van der Waals surface area contributed by atoms with E-state index in [1.54, 1.807) is 18.2 Å². The first-order valence-corrected chi connectivity index (χ1v) is 10.7. The Morgan fingerprint density at radius 3 is 2.52 bits per heavy atom. The minimum absolute atomic E-state index is 0.0454. The molecule has 3 rings (SSSR count). The summed E-state index contributed by atoms with van der Waals surface area (Å²) in [5.74, 6) is -0.427. The number of sulfonamides is 1. The van der Waals surface area contributed by atoms with Gasteiger partial charge in [0, 0.05) is 16.1 Å². The Hall–Kier alpha value is -2.53. The number of carbonyl (C=O) groups is 1. The summed E-state index contributed by atoms with van der Waals surface area (Å²) in [5, 5.41) is 13.3. The predicted molar refractivity (Wildman–Crippen MR) is 107 cm³/mol. The zero-order valence-electron chi connectivity index (χ0n) is 15.0. The molecule has 3 aromatic rings. The third-order valence-corrected chi connectivity index (χ3v) is 5.88. The van der Waals surface area contributed by atoms with Crippen LogP contribution < -0.4 is 4.72 Å². The fourth-order valence-corrected chi connectivity index (χ4v) is 3.83. The lowest BCUT2D eigenvalue weighted by molar-refractivity contribution is -0.148. The Bertz CT molecular complexity index is 1070. The number of aliphatic hydroxyl groups excluding tert-OH is 1. The number of ether oxygens (including phenoxy) is 1. The van der Waals surface area contributed by atoms with Gasteiger partial charge >= 0.3 is 5.97 Å². The Kier molecular flexibility index (Phi) is 6.80. The van der Waals surface area contributed by atoms with Crippen LogP contribution in [-0.4, -0.2) is 37.3 Å². The molecule has 0 saturated heterocycles. The Labute approximate surface area is 175 Å². The first kappa shape index (κ1) is 21.2. The van der Waals surface area contributed by atoms with Gasteiger partial charge in [-0.05, 0) is 24.3 Å². The molecule has 1 unspecified atom stereocenters. The molecule has 152 valence electrons. The Morgan fingerprint density at radius 1 is 1.17 bits per heavy atom. The van der Waals surface area contributed by atoms with Crippen LogP contribution in [-0.2, 0) is 26.2 Å². The van der Waals surface area contributed by atoms with Crippen molar-refractivity contribution in [3.05, 3.63) is 70.8 Å². The molecule has 0 aliphatic rings. The molecular formula is C19H17BrN2O6S. The molecule has 0 saturated carbocycles. The van der Waals surface area contributed by atoms with Gasteiger partial charge in [0.2, 0.25) is 10.0 Å². The van der Waals surface area contributed by atoms with Gasteiger partial charge in [0.25, 0.3) is 0 Å². The van der Waals surface area contributed by atoms with Crippen molar-refractivity contribution in [2.45, 2.75) is 17.5 Å². The molecule has 1 heterocycles. The summed E-state index contributed by atoms with van der Waals surface area (Å²) in [5.41, 5.74) is 1.16. The summed E-state index contributed by atoms with van der Waals surface area (Å²) in [4.78, 5) is 12.2. The van der Waals surface area contributed by atoms with Gasteiger partial charge in [-0.1, -0.05) is 51.4 Å². The lowest BCUT2D eigenvalue weighted by atomic mass is 10.2. The standard InChI is InChI=1S/C19H17BrN2O6S/c20-14-6-8-16(9-7-14)29(25,26)22-17(11-23)19(24)27-12-15-10-18(28-21-15)13-4-2-1-3-5-13/h1-10,17,22-23H,11-12H2. The Morgan fingerprint density at radius 2 is 1.86 bits per heavy atom. The first-order chi connectivity index (χ1) is 13.9. The topological polar surface area (TPSA) is 119 Å². The molecule has 1 atom stereocenters. The maximum Gasteiger partial charge on any atom is 0.326 e. The molecule has 0 aliphatic heterocycles. The number of rotatable bonds is 8. The van der Waals surface area contributed by atoms with E-state index in [1.807, 2.05) is 30.3 Å². The highest BCUT2D eigenvalue weighted by molar-refractivity contribution is 9.10. The molecule has 0 aliphatic carbocycles. The highest BCUT2D eigenvalue weighted by atomic mass is 79.9. The summed E-state index contributed by atoms with van der Waals surface area (Å²) in [6, 6.07) is 15.2. The molecule has 0 amide bonds. The monoisotopic (exact) mass is 480 g/mol. The van der Waals surface area contributed by atoms with Crippen LogP contribution in [0, 0.1) is 0 Å². The van der Waals surface area contributed by atoms with E-state index in [2.05, 4.69) is 25.8 Å². The highest BCUT2D eigenvalue weighted by Crippen LogP contribution is 2.20. The smallest absolute Gasteiger partial charge is 0.326 e. The molecule has 29 heavy (non-hydrogen) atoms. The van der Waals surface area contributed by atoms with Gasteiger partial charge in [-0.25, -0.2) is 8.42 Å². The minimum Gasteiger partial charge on any atom is -0.458 e. The number of hydrogen-bond acceptors (Lipinski definition) is 7. The van der Waals surface area contributed by atoms with Crippen LogP contribution in [0.5, 0.6) is 0 Å². The number of halogens is 1. The van der Waals surface area contributed by atoms with E-state index in [4.69, 9.17) is 9.26 Å². The number of esters is 1. The normalized spacial score (nSPS) is 12.5. The summed E-state index contributed by atoms with van der Waals surface area (Å²) in [6.07, 6.45) is 0. The highest BCUT2D eigenvalue weighted by Gasteiger charge is 2.26. The fraction of sp³-hybridized carbons (Fsp3) is 0.158. The van der Waals surface area contributed by atoms with Crippen molar-refractivity contribution < 1.29 is 27.6 Å². The van der Waals surface area contributed by atoms with Crippen molar-refractivity contribution in [3.63, 3.8) is 0 Å². The summed E-state index contributed by atoms with van der Waals surface area (Å²) < 4.78 is 37.9. The zero-order valence-corrected chi connectivity index (χ0v) is 17.4. The third-order valence-electron chi connectivity index (χ3n) is 3.87. The number of benzene rings is 2. The van der Waals surface area contributed by atoms with Gasteiger partial charge in [0.05, 0.1) is 11.5 Å². The molecule has 0 bridgehead atoms. The number of carbonyl (C=O) groups excluding carboxylic acids is 1. The second-order valence-corrected chi connectivity index (χ2v) is 8.60. The molecular weight excluding hydrogens is 464 g/mol. The van der Waals surface area contributed by atoms with Crippen molar-refractivity contribution in [2.24, 2.45) is 0 Å². The number of aromatic nitrogens is 1. The van der Waals surface area contributed by atoms with Gasteiger partial charge in [-0.15, -0.1) is 0 Å². The van der Waals surface area contributed by atoms with Crippen LogP contribution in [0.15, 0.2) is 74.6 Å². The average molecular weight is 481 g/mol. The van der Waals surface area contributed by atoms with Crippen LogP contribution in [0.1, 0.15) is 5.69 Å². The summed E-state index contributed by atoms with van der Waals surface area (Å²) in [6.45, 7) is -0.992. The van der Waals surface area contributed by atoms with Crippen LogP contribution in [0.2, 0.25) is 0 Å². The zero-order chi connectivity index (χ0) is 20.9. The van der Waals surface area contributed by atoms with Gasteiger partial charge in [0.1, 0.15) is 18.3 Å². The number of aliphatic hydroxyl groups is 1. The van der Waals surface area contributed by atoms with Crippen molar-refractivity contribution in [2.75, 3.05) is 6.61 Å². The fourth-order valence-electron chi connectivity index (χ4n) is 2.39. The number of nitrogens with one attached hydrogen (secondary N) is 1. The number of hydrogen-bond donors (Lipinski definition) is 2. The van der Waals surface area contributed by atoms with Crippen molar-refractivity contribution in [1.29, 1.82) is 0 Å².